The molecule has 3 amide bonds. The molecule has 1 heterocycles. The molecule has 7 nitrogen and oxygen atoms in total. The number of likely N-dealkylation sites (tertiary alicyclic amines) is 1. The number of hydrogen-bond acceptors (Lipinski definition) is 4. The maximum Gasteiger partial charge on any atom is 0.250 e. The van der Waals surface area contributed by atoms with Crippen LogP contribution in [0.4, 0.5) is 11.4 Å². The van der Waals surface area contributed by atoms with Crippen LogP contribution < -0.4 is 10.6 Å². The zero-order valence-corrected chi connectivity index (χ0v) is 14.2. The summed E-state index contributed by atoms with van der Waals surface area (Å²) in [4.78, 5) is 36.6. The van der Waals surface area contributed by atoms with Gasteiger partial charge >= 0.3 is 0 Å². The molecule has 1 fully saturated rings. The number of halogens is 1. The van der Waals surface area contributed by atoms with Gasteiger partial charge in [0.05, 0.1) is 10.7 Å². The van der Waals surface area contributed by atoms with Crippen LogP contribution in [0.1, 0.15) is 19.3 Å². The van der Waals surface area contributed by atoms with Gasteiger partial charge in [-0.05, 0) is 24.6 Å². The van der Waals surface area contributed by atoms with Gasteiger partial charge in [0.1, 0.15) is 6.61 Å². The molecule has 1 aliphatic rings. The maximum absolute atomic E-state index is 12.0. The second-order valence-electron chi connectivity index (χ2n) is 5.46. The van der Waals surface area contributed by atoms with Crippen LogP contribution in [0.3, 0.4) is 0 Å². The van der Waals surface area contributed by atoms with Crippen molar-refractivity contribution in [3.05, 3.63) is 23.2 Å². The number of carbonyl (C=O) groups excluding carboxylic acids is 3. The van der Waals surface area contributed by atoms with Crippen LogP contribution in [0, 0.1) is 0 Å². The van der Waals surface area contributed by atoms with Crippen molar-refractivity contribution < 1.29 is 19.1 Å². The molecule has 1 saturated heterocycles. The topological polar surface area (TPSA) is 87.7 Å². The van der Waals surface area contributed by atoms with Gasteiger partial charge in [-0.25, -0.2) is 0 Å². The third-order valence-electron chi connectivity index (χ3n) is 3.58. The van der Waals surface area contributed by atoms with Crippen LogP contribution in [0.2, 0.25) is 5.02 Å². The molecule has 2 rings (SSSR count). The summed E-state index contributed by atoms with van der Waals surface area (Å²) in [6, 6.07) is 4.81. The minimum Gasteiger partial charge on any atom is -0.375 e. The molecule has 0 bridgehead atoms. The molecule has 0 aliphatic carbocycles. The van der Waals surface area contributed by atoms with Crippen molar-refractivity contribution in [2.45, 2.75) is 19.3 Å². The lowest BCUT2D eigenvalue weighted by atomic mass is 10.2. The molecule has 0 atom stereocenters. The highest BCUT2D eigenvalue weighted by Crippen LogP contribution is 2.25. The van der Waals surface area contributed by atoms with Gasteiger partial charge in [-0.1, -0.05) is 11.6 Å². The molecule has 0 aromatic heterocycles. The van der Waals surface area contributed by atoms with Crippen molar-refractivity contribution in [3.8, 4) is 0 Å². The second-order valence-corrected chi connectivity index (χ2v) is 5.87. The van der Waals surface area contributed by atoms with Gasteiger partial charge in [0.25, 0.3) is 0 Å². The average Bonchev–Trinajstić information content (AvgIpc) is 2.93. The molecule has 1 aromatic carbocycles. The number of rotatable bonds is 7. The van der Waals surface area contributed by atoms with Gasteiger partial charge in [0.15, 0.2) is 0 Å². The van der Waals surface area contributed by atoms with Crippen molar-refractivity contribution in [2.75, 3.05) is 37.4 Å². The van der Waals surface area contributed by atoms with E-state index in [4.69, 9.17) is 16.3 Å². The number of carbonyl (C=O) groups is 3. The molecule has 8 heteroatoms. The largest absolute Gasteiger partial charge is 0.375 e. The summed E-state index contributed by atoms with van der Waals surface area (Å²) in [5.74, 6) is -0.407. The number of anilines is 2. The second kappa shape index (κ2) is 8.65. The third-order valence-corrected chi connectivity index (χ3v) is 3.90. The van der Waals surface area contributed by atoms with Crippen LogP contribution in [0.15, 0.2) is 18.2 Å². The van der Waals surface area contributed by atoms with Gasteiger partial charge in [0, 0.05) is 38.7 Å². The van der Waals surface area contributed by atoms with E-state index in [2.05, 4.69) is 10.6 Å². The average molecular weight is 354 g/mol. The van der Waals surface area contributed by atoms with Crippen LogP contribution in [0.25, 0.3) is 0 Å². The van der Waals surface area contributed by atoms with Crippen LogP contribution in [-0.4, -0.2) is 49.4 Å². The van der Waals surface area contributed by atoms with Gasteiger partial charge in [-0.3, -0.25) is 14.4 Å². The minimum atomic E-state index is -0.313. The standard InChI is InChI=1S/C16H20ClN3O4/c1-24-10-15(22)19-13-5-4-11(9-12(13)17)18-14(21)6-8-20-7-2-3-16(20)23/h4-5,9H,2-3,6-8,10H2,1H3,(H,18,21)(H,19,22). The Labute approximate surface area is 145 Å². The van der Waals surface area contributed by atoms with E-state index in [1.807, 2.05) is 0 Å². The fourth-order valence-corrected chi connectivity index (χ4v) is 2.64. The smallest absolute Gasteiger partial charge is 0.250 e. The summed E-state index contributed by atoms with van der Waals surface area (Å²) in [6.45, 7) is 1.07. The fourth-order valence-electron chi connectivity index (χ4n) is 2.41. The van der Waals surface area contributed by atoms with Crippen molar-refractivity contribution in [3.63, 3.8) is 0 Å². The van der Waals surface area contributed by atoms with Crippen LogP contribution in [-0.2, 0) is 19.1 Å². The first kappa shape index (κ1) is 18.2. The third kappa shape index (κ3) is 5.21. The number of nitrogens with zero attached hydrogens (tertiary/aromatic N) is 1. The van der Waals surface area contributed by atoms with Gasteiger partial charge in [0.2, 0.25) is 17.7 Å². The van der Waals surface area contributed by atoms with Crippen molar-refractivity contribution in [1.82, 2.24) is 4.90 Å². The van der Waals surface area contributed by atoms with E-state index in [0.29, 0.717) is 35.9 Å². The molecule has 1 aromatic rings. The maximum atomic E-state index is 12.0. The van der Waals surface area contributed by atoms with E-state index >= 15 is 0 Å². The van der Waals surface area contributed by atoms with E-state index in [1.54, 1.807) is 23.1 Å². The zero-order chi connectivity index (χ0) is 17.5. The molecule has 2 N–H and O–H groups in total. The normalized spacial score (nSPS) is 13.9. The first-order valence-electron chi connectivity index (χ1n) is 7.65. The van der Waals surface area contributed by atoms with E-state index in [9.17, 15) is 14.4 Å². The minimum absolute atomic E-state index is 0.0654. The molecule has 130 valence electrons. The monoisotopic (exact) mass is 353 g/mol. The highest BCUT2D eigenvalue weighted by Gasteiger charge is 2.20. The van der Waals surface area contributed by atoms with Crippen LogP contribution in [0.5, 0.6) is 0 Å². The molecule has 0 radical (unpaired) electrons. The number of amides is 3. The van der Waals surface area contributed by atoms with Gasteiger partial charge in [-0.15, -0.1) is 0 Å². The van der Waals surface area contributed by atoms with E-state index in [1.165, 1.54) is 7.11 Å². The molecular weight excluding hydrogens is 334 g/mol. The molecule has 0 unspecified atom stereocenters. The lowest BCUT2D eigenvalue weighted by Gasteiger charge is -2.15. The summed E-state index contributed by atoms with van der Waals surface area (Å²) in [7, 11) is 1.43. The Hall–Kier alpha value is -2.12. The van der Waals surface area contributed by atoms with Crippen molar-refractivity contribution in [1.29, 1.82) is 0 Å². The Balaban J connectivity index is 1.85. The fraction of sp³-hybridized carbons (Fsp3) is 0.438. The predicted octanol–water partition coefficient (Wildman–Crippen LogP) is 1.88. The number of nitrogens with one attached hydrogen (secondary N) is 2. The van der Waals surface area contributed by atoms with E-state index < -0.39 is 0 Å². The molecule has 0 spiro atoms. The summed E-state index contributed by atoms with van der Waals surface area (Å²) < 4.78 is 4.73. The van der Waals surface area contributed by atoms with Crippen LogP contribution >= 0.6 is 11.6 Å². The summed E-state index contributed by atoms with van der Waals surface area (Å²) in [6.07, 6.45) is 1.65. The number of hydrogen-bond donors (Lipinski definition) is 2. The molecule has 1 aliphatic heterocycles. The van der Waals surface area contributed by atoms with Crippen molar-refractivity contribution >= 4 is 40.7 Å². The lowest BCUT2D eigenvalue weighted by molar-refractivity contribution is -0.128. The first-order chi connectivity index (χ1) is 11.5. The first-order valence-corrected chi connectivity index (χ1v) is 8.03. The lowest BCUT2D eigenvalue weighted by Crippen LogP contribution is -2.28. The predicted molar refractivity (Wildman–Crippen MR) is 91.0 cm³/mol. The summed E-state index contributed by atoms with van der Waals surface area (Å²) in [5, 5.41) is 5.65. The van der Waals surface area contributed by atoms with Gasteiger partial charge < -0.3 is 20.3 Å². The van der Waals surface area contributed by atoms with E-state index in [0.717, 1.165) is 6.42 Å². The summed E-state index contributed by atoms with van der Waals surface area (Å²) >= 11 is 6.10. The number of ether oxygens (including phenoxy) is 1. The highest BCUT2D eigenvalue weighted by atomic mass is 35.5. The zero-order valence-electron chi connectivity index (χ0n) is 13.4. The van der Waals surface area contributed by atoms with Gasteiger partial charge in [-0.2, -0.15) is 0 Å². The highest BCUT2D eigenvalue weighted by molar-refractivity contribution is 6.34. The Morgan fingerprint density at radius 3 is 2.71 bits per heavy atom. The Morgan fingerprint density at radius 2 is 2.08 bits per heavy atom. The Kier molecular flexibility index (Phi) is 6.57. The quantitative estimate of drug-likeness (QED) is 0.783. The van der Waals surface area contributed by atoms with E-state index in [-0.39, 0.29) is 30.7 Å². The number of benzene rings is 1. The molecule has 0 saturated carbocycles. The molecular formula is C16H20ClN3O4. The Morgan fingerprint density at radius 1 is 1.29 bits per heavy atom. The molecule has 24 heavy (non-hydrogen) atoms. The Bertz CT molecular complexity index is 636. The summed E-state index contributed by atoms with van der Waals surface area (Å²) in [5.41, 5.74) is 0.974. The SMILES string of the molecule is COCC(=O)Nc1ccc(NC(=O)CCN2CCCC2=O)cc1Cl. The van der Waals surface area contributed by atoms with Crippen molar-refractivity contribution in [2.24, 2.45) is 0 Å². The number of methoxy groups -OCH3 is 1.